The highest BCUT2D eigenvalue weighted by atomic mass is 16.5. The van der Waals surface area contributed by atoms with E-state index in [2.05, 4.69) is 34.5 Å². The number of nitrogens with zero attached hydrogens (tertiary/aromatic N) is 2. The number of carbonyl (C=O) groups excluding carboxylic acids is 3. The van der Waals surface area contributed by atoms with Crippen molar-refractivity contribution in [3.05, 3.63) is 71.8 Å². The number of amides is 2. The molecule has 8 nitrogen and oxygen atoms in total. The van der Waals surface area contributed by atoms with Crippen LogP contribution < -0.4 is 5.32 Å². The predicted octanol–water partition coefficient (Wildman–Crippen LogP) is 3.09. The van der Waals surface area contributed by atoms with Crippen LogP contribution in [-0.2, 0) is 36.9 Å². The molecule has 2 aromatic rings. The molecule has 2 aromatic carbocycles. The first-order valence-electron chi connectivity index (χ1n) is 14.2. The molecule has 1 N–H and O–H groups in total. The number of piperazine rings is 1. The summed E-state index contributed by atoms with van der Waals surface area (Å²) < 4.78 is 11.3. The van der Waals surface area contributed by atoms with Gasteiger partial charge in [0.1, 0.15) is 18.2 Å². The molecule has 3 aliphatic rings. The van der Waals surface area contributed by atoms with Crippen molar-refractivity contribution in [3.63, 3.8) is 0 Å². The van der Waals surface area contributed by atoms with E-state index in [0.717, 1.165) is 50.9 Å². The molecule has 5 rings (SSSR count). The third-order valence-corrected chi connectivity index (χ3v) is 8.30. The molecule has 0 saturated carbocycles. The maximum atomic E-state index is 13.8. The van der Waals surface area contributed by atoms with E-state index in [1.165, 1.54) is 5.56 Å². The SMILES string of the molecule is O=C(CC1NC(=O)C2(CCN(CCCc3ccccc3)CC2)N(CC2CCCO2)C1=O)OCc1ccccc1. The van der Waals surface area contributed by atoms with Gasteiger partial charge in [-0.15, -0.1) is 0 Å². The van der Waals surface area contributed by atoms with Gasteiger partial charge in [-0.25, -0.2) is 0 Å². The fourth-order valence-electron chi connectivity index (χ4n) is 6.03. The highest BCUT2D eigenvalue weighted by Crippen LogP contribution is 2.35. The Kier molecular flexibility index (Phi) is 8.94. The van der Waals surface area contributed by atoms with E-state index in [1.54, 1.807) is 4.90 Å². The number of benzene rings is 2. The number of hydrogen-bond acceptors (Lipinski definition) is 6. The molecule has 3 fully saturated rings. The van der Waals surface area contributed by atoms with Gasteiger partial charge in [0.2, 0.25) is 11.8 Å². The van der Waals surface area contributed by atoms with E-state index in [1.807, 2.05) is 36.4 Å². The van der Waals surface area contributed by atoms with Gasteiger partial charge >= 0.3 is 5.97 Å². The Morgan fingerprint density at radius 3 is 2.36 bits per heavy atom. The van der Waals surface area contributed by atoms with Crippen LogP contribution in [0.4, 0.5) is 0 Å². The topological polar surface area (TPSA) is 88.2 Å². The second kappa shape index (κ2) is 12.7. The first kappa shape index (κ1) is 27.3. The number of rotatable bonds is 10. The minimum absolute atomic E-state index is 0.0775. The summed E-state index contributed by atoms with van der Waals surface area (Å²) in [6.45, 7) is 3.66. The van der Waals surface area contributed by atoms with Gasteiger partial charge in [-0.05, 0) is 56.2 Å². The smallest absolute Gasteiger partial charge is 0.308 e. The highest BCUT2D eigenvalue weighted by Gasteiger charge is 2.54. The van der Waals surface area contributed by atoms with E-state index < -0.39 is 17.6 Å². The first-order valence-corrected chi connectivity index (χ1v) is 14.2. The minimum atomic E-state index is -0.920. The second-order valence-corrected chi connectivity index (χ2v) is 10.9. The zero-order chi connectivity index (χ0) is 27.1. The Morgan fingerprint density at radius 2 is 1.69 bits per heavy atom. The minimum Gasteiger partial charge on any atom is -0.461 e. The van der Waals surface area contributed by atoms with Gasteiger partial charge in [0.05, 0.1) is 12.5 Å². The number of likely N-dealkylation sites (tertiary alicyclic amines) is 1. The van der Waals surface area contributed by atoms with Gasteiger partial charge in [0.25, 0.3) is 0 Å². The molecule has 2 amide bonds. The van der Waals surface area contributed by atoms with Crippen LogP contribution in [0.5, 0.6) is 0 Å². The number of nitrogens with one attached hydrogen (secondary N) is 1. The van der Waals surface area contributed by atoms with Crippen LogP contribution in [0, 0.1) is 0 Å². The molecule has 1 spiro atoms. The Morgan fingerprint density at radius 1 is 1.00 bits per heavy atom. The molecular formula is C31H39N3O5. The van der Waals surface area contributed by atoms with Crippen LogP contribution in [0.3, 0.4) is 0 Å². The maximum absolute atomic E-state index is 13.8. The molecule has 2 atom stereocenters. The Bertz CT molecular complexity index is 1110. The fraction of sp³-hybridized carbons (Fsp3) is 0.516. The molecule has 0 aromatic heterocycles. The number of esters is 1. The third kappa shape index (κ3) is 6.68. The zero-order valence-electron chi connectivity index (χ0n) is 22.6. The van der Waals surface area contributed by atoms with Crippen LogP contribution in [0.1, 0.15) is 49.7 Å². The first-order chi connectivity index (χ1) is 19.0. The van der Waals surface area contributed by atoms with Crippen molar-refractivity contribution in [1.29, 1.82) is 0 Å². The van der Waals surface area contributed by atoms with Gasteiger partial charge in [-0.3, -0.25) is 14.4 Å². The zero-order valence-corrected chi connectivity index (χ0v) is 22.6. The van der Waals surface area contributed by atoms with E-state index in [9.17, 15) is 14.4 Å². The molecule has 3 saturated heterocycles. The monoisotopic (exact) mass is 533 g/mol. The number of hydrogen-bond donors (Lipinski definition) is 1. The van der Waals surface area contributed by atoms with Crippen LogP contribution in [0.25, 0.3) is 0 Å². The third-order valence-electron chi connectivity index (χ3n) is 8.30. The molecule has 3 aliphatic heterocycles. The summed E-state index contributed by atoms with van der Waals surface area (Å²) in [7, 11) is 0. The summed E-state index contributed by atoms with van der Waals surface area (Å²) in [5.74, 6) is -0.872. The molecular weight excluding hydrogens is 494 g/mol. The molecule has 0 aliphatic carbocycles. The maximum Gasteiger partial charge on any atom is 0.308 e. The van der Waals surface area contributed by atoms with E-state index >= 15 is 0 Å². The summed E-state index contributed by atoms with van der Waals surface area (Å²) >= 11 is 0. The van der Waals surface area contributed by atoms with E-state index in [0.29, 0.717) is 26.0 Å². The number of ether oxygens (including phenoxy) is 2. The molecule has 3 heterocycles. The van der Waals surface area contributed by atoms with Crippen molar-refractivity contribution in [2.45, 2.75) is 69.2 Å². The molecule has 208 valence electrons. The van der Waals surface area contributed by atoms with Crippen molar-refractivity contribution >= 4 is 17.8 Å². The molecule has 0 radical (unpaired) electrons. The van der Waals surface area contributed by atoms with E-state index in [4.69, 9.17) is 9.47 Å². The Labute approximate surface area is 230 Å². The molecule has 2 unspecified atom stereocenters. The van der Waals surface area contributed by atoms with Gasteiger partial charge in [-0.2, -0.15) is 0 Å². The summed E-state index contributed by atoms with van der Waals surface area (Å²) in [5, 5.41) is 2.90. The van der Waals surface area contributed by atoms with Gasteiger partial charge < -0.3 is 24.6 Å². The van der Waals surface area contributed by atoms with Crippen molar-refractivity contribution in [2.24, 2.45) is 0 Å². The second-order valence-electron chi connectivity index (χ2n) is 10.9. The molecule has 8 heteroatoms. The molecule has 0 bridgehead atoms. The number of aryl methyl sites for hydroxylation is 1. The van der Waals surface area contributed by atoms with Crippen molar-refractivity contribution in [3.8, 4) is 0 Å². The average Bonchev–Trinajstić information content (AvgIpc) is 3.48. The van der Waals surface area contributed by atoms with Crippen LogP contribution >= 0.6 is 0 Å². The molecule has 39 heavy (non-hydrogen) atoms. The van der Waals surface area contributed by atoms with Gasteiger partial charge in [-0.1, -0.05) is 60.7 Å². The van der Waals surface area contributed by atoms with Crippen molar-refractivity contribution in [2.75, 3.05) is 32.8 Å². The van der Waals surface area contributed by atoms with Gasteiger partial charge in [0, 0.05) is 26.2 Å². The number of carbonyl (C=O) groups is 3. The van der Waals surface area contributed by atoms with Gasteiger partial charge in [0.15, 0.2) is 0 Å². The summed E-state index contributed by atoms with van der Waals surface area (Å²) in [4.78, 5) is 44.2. The summed E-state index contributed by atoms with van der Waals surface area (Å²) in [6, 6.07) is 19.0. The summed E-state index contributed by atoms with van der Waals surface area (Å²) in [6.07, 6.45) is 4.80. The highest BCUT2D eigenvalue weighted by molar-refractivity contribution is 6.01. The fourth-order valence-corrected chi connectivity index (χ4v) is 6.03. The largest absolute Gasteiger partial charge is 0.461 e. The average molecular weight is 534 g/mol. The lowest BCUT2D eigenvalue weighted by molar-refractivity contribution is -0.165. The summed E-state index contributed by atoms with van der Waals surface area (Å²) in [5.41, 5.74) is 1.31. The van der Waals surface area contributed by atoms with Crippen molar-refractivity contribution in [1.82, 2.24) is 15.1 Å². The lowest BCUT2D eigenvalue weighted by Crippen LogP contribution is -2.73. The normalized spacial score (nSPS) is 23.1. The Balaban J connectivity index is 1.20. The van der Waals surface area contributed by atoms with Crippen LogP contribution in [0.15, 0.2) is 60.7 Å². The van der Waals surface area contributed by atoms with E-state index in [-0.39, 0.29) is 30.9 Å². The lowest BCUT2D eigenvalue weighted by Gasteiger charge is -2.52. The lowest BCUT2D eigenvalue weighted by atomic mass is 9.81. The quantitative estimate of drug-likeness (QED) is 0.473. The predicted molar refractivity (Wildman–Crippen MR) is 147 cm³/mol. The Hall–Kier alpha value is -3.23. The van der Waals surface area contributed by atoms with Crippen LogP contribution in [0.2, 0.25) is 0 Å². The number of piperidine rings is 1. The van der Waals surface area contributed by atoms with Crippen LogP contribution in [-0.4, -0.2) is 78.1 Å². The standard InChI is InChI=1S/C31H39N3O5/c35-28(39-23-25-11-5-2-6-12-25)21-27-29(36)34(22-26-14-8-20-38-26)31(30(37)32-27)15-18-33(19-16-31)17-7-13-24-9-3-1-4-10-24/h1-6,9-12,26-27H,7-8,13-23H2,(H,32,37). The van der Waals surface area contributed by atoms with Crippen molar-refractivity contribution < 1.29 is 23.9 Å².